The van der Waals surface area contributed by atoms with Crippen molar-refractivity contribution in [3.8, 4) is 5.75 Å². The monoisotopic (exact) mass is 449 g/mol. The van der Waals surface area contributed by atoms with E-state index < -0.39 is 0 Å². The lowest BCUT2D eigenvalue weighted by molar-refractivity contribution is 0.102. The van der Waals surface area contributed by atoms with Crippen molar-refractivity contribution in [3.63, 3.8) is 0 Å². The van der Waals surface area contributed by atoms with E-state index in [1.54, 1.807) is 6.07 Å². The second-order valence-electron chi connectivity index (χ2n) is 4.84. The van der Waals surface area contributed by atoms with Crippen LogP contribution in [0.25, 0.3) is 0 Å². The summed E-state index contributed by atoms with van der Waals surface area (Å²) in [5, 5.41) is 3.57. The number of anilines is 1. The van der Waals surface area contributed by atoms with Gasteiger partial charge < -0.3 is 10.1 Å². The van der Waals surface area contributed by atoms with E-state index in [-0.39, 0.29) is 5.91 Å². The van der Waals surface area contributed by atoms with E-state index in [1.807, 2.05) is 26.0 Å². The number of carbonyl (C=O) groups is 1. The number of methoxy groups -OCH3 is 1. The molecule has 0 aliphatic rings. The summed E-state index contributed by atoms with van der Waals surface area (Å²) in [6, 6.07) is 7.04. The Morgan fingerprint density at radius 1 is 1.14 bits per heavy atom. The minimum atomic E-state index is -0.315. The first-order valence-corrected chi connectivity index (χ1v) is 8.28. The summed E-state index contributed by atoms with van der Waals surface area (Å²) < 4.78 is 6.36. The van der Waals surface area contributed by atoms with Crippen molar-refractivity contribution in [3.05, 3.63) is 54.6 Å². The third-order valence-corrected chi connectivity index (χ3v) is 4.87. The zero-order valence-corrected chi connectivity index (χ0v) is 15.9. The van der Waals surface area contributed by atoms with Crippen molar-refractivity contribution in [1.29, 1.82) is 0 Å². The van der Waals surface area contributed by atoms with E-state index in [9.17, 15) is 4.79 Å². The Balaban J connectivity index is 2.40. The number of rotatable bonds is 3. The summed E-state index contributed by atoms with van der Waals surface area (Å²) in [7, 11) is 1.46. The lowest BCUT2D eigenvalue weighted by atomic mass is 10.1. The Labute approximate surface area is 153 Å². The molecule has 0 bridgehead atoms. The highest BCUT2D eigenvalue weighted by Crippen LogP contribution is 2.33. The van der Waals surface area contributed by atoms with Crippen molar-refractivity contribution in [2.75, 3.05) is 12.4 Å². The summed E-state index contributed by atoms with van der Waals surface area (Å²) >= 11 is 14.3. The molecule has 0 unspecified atom stereocenters. The fraction of sp³-hybridized carbons (Fsp3) is 0.188. The smallest absolute Gasteiger partial charge is 0.259 e. The second-order valence-corrected chi connectivity index (χ2v) is 6.84. The molecule has 1 amide bonds. The molecule has 0 aliphatic carbocycles. The van der Waals surface area contributed by atoms with Crippen LogP contribution in [0, 0.1) is 17.4 Å². The Kier molecular flexibility index (Phi) is 5.58. The zero-order chi connectivity index (χ0) is 16.4. The Hall–Kier alpha value is -0.980. The van der Waals surface area contributed by atoms with Gasteiger partial charge in [-0.3, -0.25) is 4.79 Å². The highest BCUT2D eigenvalue weighted by molar-refractivity contribution is 14.1. The van der Waals surface area contributed by atoms with Crippen LogP contribution in [0.4, 0.5) is 5.69 Å². The van der Waals surface area contributed by atoms with Gasteiger partial charge in [-0.1, -0.05) is 23.2 Å². The standard InChI is InChI=1S/C16H14Cl2INO2/c1-8-5-14(9(2)4-13(8)19)20-16(21)11-6-10(17)7-12(18)15(11)22-3/h4-7H,1-3H3,(H,20,21). The SMILES string of the molecule is COc1c(Cl)cc(Cl)cc1C(=O)Nc1cc(C)c(I)cc1C. The predicted molar refractivity (Wildman–Crippen MR) is 99.6 cm³/mol. The van der Waals surface area contributed by atoms with E-state index in [0.29, 0.717) is 21.4 Å². The van der Waals surface area contributed by atoms with Crippen LogP contribution in [0.15, 0.2) is 24.3 Å². The molecule has 0 atom stereocenters. The molecule has 0 radical (unpaired) electrons. The fourth-order valence-electron chi connectivity index (χ4n) is 2.04. The average molecular weight is 450 g/mol. The maximum atomic E-state index is 12.5. The molecule has 0 heterocycles. The summed E-state index contributed by atoms with van der Waals surface area (Å²) in [6.45, 7) is 3.94. The van der Waals surface area contributed by atoms with E-state index in [0.717, 1.165) is 20.4 Å². The number of nitrogens with one attached hydrogen (secondary N) is 1. The molecular weight excluding hydrogens is 436 g/mol. The van der Waals surface area contributed by atoms with Gasteiger partial charge in [0.2, 0.25) is 0 Å². The lowest BCUT2D eigenvalue weighted by Gasteiger charge is -2.14. The molecular formula is C16H14Cl2INO2. The van der Waals surface area contributed by atoms with Crippen molar-refractivity contribution in [1.82, 2.24) is 0 Å². The summed E-state index contributed by atoms with van der Waals surface area (Å²) in [4.78, 5) is 12.5. The van der Waals surface area contributed by atoms with Crippen molar-refractivity contribution in [2.24, 2.45) is 0 Å². The minimum Gasteiger partial charge on any atom is -0.494 e. The van der Waals surface area contributed by atoms with Crippen molar-refractivity contribution in [2.45, 2.75) is 13.8 Å². The number of aryl methyl sites for hydroxylation is 2. The zero-order valence-electron chi connectivity index (χ0n) is 12.3. The highest BCUT2D eigenvalue weighted by atomic mass is 127. The fourth-order valence-corrected chi connectivity index (χ4v) is 3.24. The van der Waals surface area contributed by atoms with Crippen LogP contribution in [0.5, 0.6) is 5.75 Å². The number of benzene rings is 2. The van der Waals surface area contributed by atoms with Crippen LogP contribution < -0.4 is 10.1 Å². The number of ether oxygens (including phenoxy) is 1. The summed E-state index contributed by atoms with van der Waals surface area (Å²) in [5.41, 5.74) is 3.13. The maximum absolute atomic E-state index is 12.5. The van der Waals surface area contributed by atoms with Gasteiger partial charge in [-0.2, -0.15) is 0 Å². The lowest BCUT2D eigenvalue weighted by Crippen LogP contribution is -2.14. The van der Waals surface area contributed by atoms with E-state index in [2.05, 4.69) is 27.9 Å². The van der Waals surface area contributed by atoms with Crippen molar-refractivity contribution < 1.29 is 9.53 Å². The number of halogens is 3. The van der Waals surface area contributed by atoms with Gasteiger partial charge in [0.1, 0.15) is 5.75 Å². The van der Waals surface area contributed by atoms with Crippen molar-refractivity contribution >= 4 is 57.4 Å². The first-order chi connectivity index (χ1) is 10.3. The highest BCUT2D eigenvalue weighted by Gasteiger charge is 2.17. The average Bonchev–Trinajstić information content (AvgIpc) is 2.43. The molecule has 0 aromatic heterocycles. The Bertz CT molecular complexity index is 747. The second kappa shape index (κ2) is 7.06. The van der Waals surface area contributed by atoms with Gasteiger partial charge in [0.15, 0.2) is 0 Å². The number of hydrogen-bond donors (Lipinski definition) is 1. The third-order valence-electron chi connectivity index (χ3n) is 3.21. The molecule has 22 heavy (non-hydrogen) atoms. The van der Waals surface area contributed by atoms with Crippen LogP contribution in [-0.2, 0) is 0 Å². The van der Waals surface area contributed by atoms with E-state index in [1.165, 1.54) is 13.2 Å². The normalized spacial score (nSPS) is 10.5. The first-order valence-electron chi connectivity index (χ1n) is 6.44. The maximum Gasteiger partial charge on any atom is 0.259 e. The quantitative estimate of drug-likeness (QED) is 0.630. The van der Waals surface area contributed by atoms with Gasteiger partial charge in [0, 0.05) is 14.3 Å². The minimum absolute atomic E-state index is 0.301. The number of amides is 1. The molecule has 2 rings (SSSR count). The van der Waals surface area contributed by atoms with Crippen LogP contribution in [-0.4, -0.2) is 13.0 Å². The van der Waals surface area contributed by atoms with Gasteiger partial charge >= 0.3 is 0 Å². The van der Waals surface area contributed by atoms with E-state index in [4.69, 9.17) is 27.9 Å². The molecule has 2 aromatic carbocycles. The van der Waals surface area contributed by atoms with E-state index >= 15 is 0 Å². The molecule has 0 spiro atoms. The first kappa shape index (κ1) is 17.4. The molecule has 2 aromatic rings. The molecule has 0 aliphatic heterocycles. The summed E-state index contributed by atoms with van der Waals surface area (Å²) in [5.74, 6) is -0.00610. The molecule has 0 fully saturated rings. The van der Waals surface area contributed by atoms with Crippen LogP contribution >= 0.6 is 45.8 Å². The van der Waals surface area contributed by atoms with Crippen LogP contribution in [0.2, 0.25) is 10.0 Å². The molecule has 116 valence electrons. The molecule has 1 N–H and O–H groups in total. The van der Waals surface area contributed by atoms with Gasteiger partial charge in [-0.05, 0) is 71.8 Å². The largest absolute Gasteiger partial charge is 0.494 e. The molecule has 3 nitrogen and oxygen atoms in total. The third kappa shape index (κ3) is 3.67. The number of carbonyl (C=O) groups excluding carboxylic acids is 1. The predicted octanol–water partition coefficient (Wildman–Crippen LogP) is 5.48. The molecule has 0 saturated carbocycles. The Morgan fingerprint density at radius 3 is 2.45 bits per heavy atom. The Morgan fingerprint density at radius 2 is 1.82 bits per heavy atom. The van der Waals surface area contributed by atoms with Gasteiger partial charge in [0.05, 0.1) is 17.7 Å². The summed E-state index contributed by atoms with van der Waals surface area (Å²) in [6.07, 6.45) is 0. The number of hydrogen-bond acceptors (Lipinski definition) is 2. The van der Waals surface area contributed by atoms with Gasteiger partial charge in [-0.15, -0.1) is 0 Å². The van der Waals surface area contributed by atoms with Gasteiger partial charge in [-0.25, -0.2) is 0 Å². The van der Waals surface area contributed by atoms with Crippen LogP contribution in [0.3, 0.4) is 0 Å². The van der Waals surface area contributed by atoms with Gasteiger partial charge in [0.25, 0.3) is 5.91 Å². The van der Waals surface area contributed by atoms with Crippen LogP contribution in [0.1, 0.15) is 21.5 Å². The molecule has 0 saturated heterocycles. The topological polar surface area (TPSA) is 38.3 Å². The molecule has 6 heteroatoms.